The number of imidazole rings is 1. The molecule has 2 N–H and O–H groups in total. The number of nitrogens with one attached hydrogen (secondary N) is 2. The number of hydrogen-bond acceptors (Lipinski definition) is 3. The first-order valence-electron chi connectivity index (χ1n) is 5.64. The lowest BCUT2D eigenvalue weighted by Gasteiger charge is -2.05. The van der Waals surface area contributed by atoms with E-state index >= 15 is 0 Å². The van der Waals surface area contributed by atoms with E-state index in [1.807, 2.05) is 6.20 Å². The topological polar surface area (TPSA) is 49.9 Å². The molecule has 90 valence electrons. The average molecular weight is 231 g/mol. The third-order valence-electron chi connectivity index (χ3n) is 2.48. The number of ether oxygens (including phenoxy) is 1. The van der Waals surface area contributed by atoms with E-state index in [0.29, 0.717) is 6.61 Å². The fourth-order valence-corrected chi connectivity index (χ4v) is 1.72. The first-order chi connectivity index (χ1) is 8.38. The molecule has 0 radical (unpaired) electrons. The molecule has 0 amide bonds. The van der Waals surface area contributed by atoms with Gasteiger partial charge in [-0.1, -0.05) is 24.3 Å². The molecule has 4 heteroatoms. The molecule has 0 bridgehead atoms. The molecule has 1 heterocycles. The van der Waals surface area contributed by atoms with Gasteiger partial charge in [-0.2, -0.15) is 0 Å². The Hall–Kier alpha value is -1.65. The van der Waals surface area contributed by atoms with Crippen LogP contribution >= 0.6 is 0 Å². The third-order valence-corrected chi connectivity index (χ3v) is 2.48. The van der Waals surface area contributed by atoms with Crippen molar-refractivity contribution in [1.82, 2.24) is 15.3 Å². The maximum atomic E-state index is 5.11. The Bertz CT molecular complexity index is 440. The van der Waals surface area contributed by atoms with Crippen LogP contribution in [0.1, 0.15) is 17.0 Å². The molecule has 0 spiro atoms. The standard InChI is InChI=1S/C13H17N3O/c1-17-10-12-4-2-3-11(7-12)8-14-9-13-15-5-6-16-13/h2-7,14H,8-10H2,1H3,(H,15,16). The average Bonchev–Trinajstić information content (AvgIpc) is 2.83. The maximum absolute atomic E-state index is 5.11. The lowest BCUT2D eigenvalue weighted by atomic mass is 10.1. The highest BCUT2D eigenvalue weighted by Gasteiger charge is 1.97. The SMILES string of the molecule is COCc1cccc(CNCc2ncc[nH]2)c1. The first kappa shape index (κ1) is 11.8. The molecule has 2 aromatic rings. The van der Waals surface area contributed by atoms with Crippen LogP contribution < -0.4 is 5.32 Å². The Labute approximate surface area is 101 Å². The number of hydrogen-bond donors (Lipinski definition) is 2. The minimum Gasteiger partial charge on any atom is -0.380 e. The number of methoxy groups -OCH3 is 1. The van der Waals surface area contributed by atoms with Gasteiger partial charge in [-0.25, -0.2) is 4.98 Å². The lowest BCUT2D eigenvalue weighted by Crippen LogP contribution is -2.13. The maximum Gasteiger partial charge on any atom is 0.120 e. The molecule has 0 aliphatic rings. The van der Waals surface area contributed by atoms with E-state index in [9.17, 15) is 0 Å². The molecule has 1 aromatic heterocycles. The second-order valence-corrected chi connectivity index (χ2v) is 3.89. The monoisotopic (exact) mass is 231 g/mol. The van der Waals surface area contributed by atoms with Crippen molar-refractivity contribution in [2.24, 2.45) is 0 Å². The van der Waals surface area contributed by atoms with E-state index in [-0.39, 0.29) is 0 Å². The first-order valence-corrected chi connectivity index (χ1v) is 5.64. The summed E-state index contributed by atoms with van der Waals surface area (Å²) in [6.45, 7) is 2.24. The van der Waals surface area contributed by atoms with Crippen LogP contribution in [0.25, 0.3) is 0 Å². The molecule has 2 rings (SSSR count). The number of nitrogens with zero attached hydrogens (tertiary/aromatic N) is 1. The van der Waals surface area contributed by atoms with Gasteiger partial charge in [0.25, 0.3) is 0 Å². The van der Waals surface area contributed by atoms with Crippen LogP contribution in [-0.4, -0.2) is 17.1 Å². The molecule has 0 atom stereocenters. The van der Waals surface area contributed by atoms with Crippen LogP contribution in [0.2, 0.25) is 0 Å². The van der Waals surface area contributed by atoms with E-state index in [1.165, 1.54) is 11.1 Å². The van der Waals surface area contributed by atoms with Crippen LogP contribution in [0.3, 0.4) is 0 Å². The van der Waals surface area contributed by atoms with Gasteiger partial charge in [0.05, 0.1) is 13.2 Å². The molecular weight excluding hydrogens is 214 g/mol. The van der Waals surface area contributed by atoms with Crippen molar-refractivity contribution in [3.63, 3.8) is 0 Å². The quantitative estimate of drug-likeness (QED) is 0.797. The molecule has 4 nitrogen and oxygen atoms in total. The smallest absolute Gasteiger partial charge is 0.120 e. The molecule has 0 aliphatic heterocycles. The molecule has 0 saturated heterocycles. The van der Waals surface area contributed by atoms with Gasteiger partial charge in [-0.05, 0) is 11.1 Å². The summed E-state index contributed by atoms with van der Waals surface area (Å²) in [7, 11) is 1.71. The van der Waals surface area contributed by atoms with E-state index in [4.69, 9.17) is 4.74 Å². The predicted molar refractivity (Wildman–Crippen MR) is 66.3 cm³/mol. The summed E-state index contributed by atoms with van der Waals surface area (Å²) in [5.41, 5.74) is 2.45. The number of rotatable bonds is 6. The zero-order chi connectivity index (χ0) is 11.9. The summed E-state index contributed by atoms with van der Waals surface area (Å²) in [5.74, 6) is 0.957. The van der Waals surface area contributed by atoms with Crippen molar-refractivity contribution in [1.29, 1.82) is 0 Å². The van der Waals surface area contributed by atoms with Crippen LogP contribution in [0, 0.1) is 0 Å². The van der Waals surface area contributed by atoms with Crippen molar-refractivity contribution in [2.75, 3.05) is 7.11 Å². The molecule has 0 aliphatic carbocycles. The van der Waals surface area contributed by atoms with Gasteiger partial charge in [-0.3, -0.25) is 0 Å². The Balaban J connectivity index is 1.84. The zero-order valence-electron chi connectivity index (χ0n) is 9.94. The van der Waals surface area contributed by atoms with Crippen LogP contribution in [0.4, 0.5) is 0 Å². The minimum absolute atomic E-state index is 0.659. The fraction of sp³-hybridized carbons (Fsp3) is 0.308. The van der Waals surface area contributed by atoms with Gasteiger partial charge in [0, 0.05) is 26.0 Å². The summed E-state index contributed by atoms with van der Waals surface area (Å²) in [6.07, 6.45) is 3.59. The van der Waals surface area contributed by atoms with E-state index < -0.39 is 0 Å². The molecule has 0 unspecified atom stereocenters. The van der Waals surface area contributed by atoms with Crippen molar-refractivity contribution < 1.29 is 4.74 Å². The van der Waals surface area contributed by atoms with Crippen molar-refractivity contribution in [2.45, 2.75) is 19.7 Å². The van der Waals surface area contributed by atoms with Crippen LogP contribution in [0.5, 0.6) is 0 Å². The Morgan fingerprint density at radius 1 is 1.29 bits per heavy atom. The normalized spacial score (nSPS) is 10.6. The van der Waals surface area contributed by atoms with Gasteiger partial charge in [-0.15, -0.1) is 0 Å². The van der Waals surface area contributed by atoms with Crippen LogP contribution in [-0.2, 0) is 24.4 Å². The minimum atomic E-state index is 0.659. The Kier molecular flexibility index (Phi) is 4.30. The molecule has 1 aromatic carbocycles. The second-order valence-electron chi connectivity index (χ2n) is 3.89. The molecule has 0 fully saturated rings. The van der Waals surface area contributed by atoms with Gasteiger partial charge >= 0.3 is 0 Å². The third kappa shape index (κ3) is 3.69. The predicted octanol–water partition coefficient (Wildman–Crippen LogP) is 1.85. The number of aromatic amines is 1. The highest BCUT2D eigenvalue weighted by Crippen LogP contribution is 2.06. The van der Waals surface area contributed by atoms with Crippen molar-refractivity contribution in [3.8, 4) is 0 Å². The number of benzene rings is 1. The van der Waals surface area contributed by atoms with Crippen LogP contribution in [0.15, 0.2) is 36.7 Å². The van der Waals surface area contributed by atoms with E-state index in [1.54, 1.807) is 13.3 Å². The highest BCUT2D eigenvalue weighted by molar-refractivity contribution is 5.22. The number of aromatic nitrogens is 2. The van der Waals surface area contributed by atoms with Crippen molar-refractivity contribution in [3.05, 3.63) is 53.6 Å². The van der Waals surface area contributed by atoms with Crippen molar-refractivity contribution >= 4 is 0 Å². The van der Waals surface area contributed by atoms with Gasteiger partial charge < -0.3 is 15.0 Å². The van der Waals surface area contributed by atoms with E-state index in [0.717, 1.165) is 18.9 Å². The summed E-state index contributed by atoms with van der Waals surface area (Å²) in [4.78, 5) is 7.22. The fourth-order valence-electron chi connectivity index (χ4n) is 1.72. The molecule has 0 saturated carbocycles. The van der Waals surface area contributed by atoms with Gasteiger partial charge in [0.2, 0.25) is 0 Å². The summed E-state index contributed by atoms with van der Waals surface area (Å²) < 4.78 is 5.11. The van der Waals surface area contributed by atoms with Gasteiger partial charge in [0.15, 0.2) is 0 Å². The highest BCUT2D eigenvalue weighted by atomic mass is 16.5. The van der Waals surface area contributed by atoms with E-state index in [2.05, 4.69) is 39.6 Å². The second kappa shape index (κ2) is 6.18. The Morgan fingerprint density at radius 3 is 2.94 bits per heavy atom. The summed E-state index contributed by atoms with van der Waals surface area (Å²) >= 11 is 0. The lowest BCUT2D eigenvalue weighted by molar-refractivity contribution is 0.185. The zero-order valence-corrected chi connectivity index (χ0v) is 9.94. The molecular formula is C13H17N3O. The largest absolute Gasteiger partial charge is 0.380 e. The Morgan fingerprint density at radius 2 is 2.18 bits per heavy atom. The van der Waals surface area contributed by atoms with Gasteiger partial charge in [0.1, 0.15) is 5.82 Å². The number of H-pyrrole nitrogens is 1. The summed E-state index contributed by atoms with van der Waals surface area (Å²) in [6, 6.07) is 8.38. The molecule has 17 heavy (non-hydrogen) atoms. The summed E-state index contributed by atoms with van der Waals surface area (Å²) in [5, 5.41) is 3.34.